The Morgan fingerprint density at radius 1 is 1.35 bits per heavy atom. The van der Waals surface area contributed by atoms with Crippen LogP contribution in [-0.4, -0.2) is 17.4 Å². The van der Waals surface area contributed by atoms with Crippen LogP contribution in [0.4, 0.5) is 0 Å². The summed E-state index contributed by atoms with van der Waals surface area (Å²) in [6, 6.07) is 0. The highest BCUT2D eigenvalue weighted by atomic mass is 35.5. The molecule has 0 spiro atoms. The maximum absolute atomic E-state index is 11.7. The molecule has 0 aliphatic heterocycles. The Morgan fingerprint density at radius 2 is 1.94 bits per heavy atom. The van der Waals surface area contributed by atoms with E-state index in [0.717, 1.165) is 42.4 Å². The Labute approximate surface area is 106 Å². The number of ketones is 1. The fraction of sp³-hybridized carbons (Fsp3) is 0.462. The average molecular weight is 254 g/mol. The van der Waals surface area contributed by atoms with Crippen molar-refractivity contribution in [2.45, 2.75) is 32.6 Å². The van der Waals surface area contributed by atoms with E-state index in [1.807, 2.05) is 6.92 Å². The summed E-state index contributed by atoms with van der Waals surface area (Å²) in [7, 11) is 0. The van der Waals surface area contributed by atoms with Crippen LogP contribution in [0.15, 0.2) is 0 Å². The number of carbonyl (C=O) groups is 1. The molecule has 4 heteroatoms. The Morgan fingerprint density at radius 3 is 2.53 bits per heavy atom. The molecule has 1 aromatic carbocycles. The van der Waals surface area contributed by atoms with Crippen molar-refractivity contribution in [1.82, 2.24) is 0 Å². The number of nitrogens with two attached hydrogens (primary N) is 1. The maximum Gasteiger partial charge on any atom is 0.180 e. The second kappa shape index (κ2) is 4.67. The third kappa shape index (κ3) is 1.94. The van der Waals surface area contributed by atoms with Gasteiger partial charge in [-0.1, -0.05) is 11.6 Å². The Bertz CT molecular complexity index is 483. The molecule has 1 aliphatic carbocycles. The van der Waals surface area contributed by atoms with Gasteiger partial charge in [-0.3, -0.25) is 4.79 Å². The van der Waals surface area contributed by atoms with Crippen LogP contribution in [0.25, 0.3) is 0 Å². The first-order chi connectivity index (χ1) is 8.07. The molecular formula is C13H16ClNO2. The predicted octanol–water partition coefficient (Wildman–Crippen LogP) is 2.37. The number of phenols is 1. The summed E-state index contributed by atoms with van der Waals surface area (Å²) in [6.45, 7) is 1.76. The largest absolute Gasteiger partial charge is 0.506 e. The zero-order valence-electron chi connectivity index (χ0n) is 9.85. The van der Waals surface area contributed by atoms with Crippen molar-refractivity contribution < 1.29 is 9.90 Å². The van der Waals surface area contributed by atoms with Gasteiger partial charge in [0, 0.05) is 0 Å². The highest BCUT2D eigenvalue weighted by Crippen LogP contribution is 2.40. The number of hydrogen-bond donors (Lipinski definition) is 2. The number of fused-ring (bicyclic) bond motifs is 1. The minimum atomic E-state index is -0.254. The standard InChI is InChI=1S/C13H16ClNO2/c1-7-8-4-2-3-5-9(8)12(14)13(17)11(7)10(16)6-15/h17H,2-6,15H2,1H3. The van der Waals surface area contributed by atoms with Crippen molar-refractivity contribution >= 4 is 17.4 Å². The highest BCUT2D eigenvalue weighted by Gasteiger charge is 2.25. The molecule has 0 aromatic heterocycles. The molecule has 0 amide bonds. The number of Topliss-reactive ketones (excluding diaryl/α,β-unsaturated/α-hetero) is 1. The van der Waals surface area contributed by atoms with Crippen molar-refractivity contribution in [1.29, 1.82) is 0 Å². The van der Waals surface area contributed by atoms with E-state index < -0.39 is 0 Å². The number of hydrogen-bond acceptors (Lipinski definition) is 3. The zero-order chi connectivity index (χ0) is 12.6. The van der Waals surface area contributed by atoms with Crippen LogP contribution in [0, 0.1) is 6.92 Å². The van der Waals surface area contributed by atoms with Crippen LogP contribution in [-0.2, 0) is 12.8 Å². The van der Waals surface area contributed by atoms with Crippen molar-refractivity contribution in [3.63, 3.8) is 0 Å². The molecule has 17 heavy (non-hydrogen) atoms. The summed E-state index contributed by atoms with van der Waals surface area (Å²) >= 11 is 6.15. The van der Waals surface area contributed by atoms with Gasteiger partial charge in [0.1, 0.15) is 5.75 Å². The van der Waals surface area contributed by atoms with E-state index in [4.69, 9.17) is 17.3 Å². The molecule has 0 radical (unpaired) electrons. The van der Waals surface area contributed by atoms with Gasteiger partial charge < -0.3 is 10.8 Å². The van der Waals surface area contributed by atoms with Crippen LogP contribution in [0.5, 0.6) is 5.75 Å². The molecular weight excluding hydrogens is 238 g/mol. The average Bonchev–Trinajstić information content (AvgIpc) is 2.36. The first kappa shape index (κ1) is 12.4. The predicted molar refractivity (Wildman–Crippen MR) is 67.9 cm³/mol. The van der Waals surface area contributed by atoms with Crippen molar-refractivity contribution in [2.75, 3.05) is 6.54 Å². The Hall–Kier alpha value is -1.06. The van der Waals surface area contributed by atoms with E-state index >= 15 is 0 Å². The molecule has 1 aromatic rings. The lowest BCUT2D eigenvalue weighted by Gasteiger charge is -2.22. The van der Waals surface area contributed by atoms with Gasteiger partial charge in [-0.15, -0.1) is 0 Å². The normalized spacial score (nSPS) is 14.5. The lowest BCUT2D eigenvalue weighted by Crippen LogP contribution is -2.18. The third-order valence-corrected chi connectivity index (χ3v) is 3.88. The second-order valence-corrected chi connectivity index (χ2v) is 4.83. The quantitative estimate of drug-likeness (QED) is 0.796. The summed E-state index contributed by atoms with van der Waals surface area (Å²) in [5, 5.41) is 10.4. The fourth-order valence-electron chi connectivity index (χ4n) is 2.59. The van der Waals surface area contributed by atoms with Crippen LogP contribution in [0.2, 0.25) is 5.02 Å². The Kier molecular flexibility index (Phi) is 3.40. The van der Waals surface area contributed by atoms with Gasteiger partial charge in [0.2, 0.25) is 0 Å². The molecule has 0 bridgehead atoms. The molecule has 92 valence electrons. The number of carbonyl (C=O) groups excluding carboxylic acids is 1. The third-order valence-electron chi connectivity index (χ3n) is 3.47. The van der Waals surface area contributed by atoms with Gasteiger partial charge >= 0.3 is 0 Å². The number of benzene rings is 1. The van der Waals surface area contributed by atoms with Crippen LogP contribution in [0.3, 0.4) is 0 Å². The van der Waals surface area contributed by atoms with Gasteiger partial charge in [0.15, 0.2) is 5.78 Å². The summed E-state index contributed by atoms with van der Waals surface area (Å²) in [5.74, 6) is -0.351. The molecule has 0 saturated carbocycles. The molecule has 3 nitrogen and oxygen atoms in total. The van der Waals surface area contributed by atoms with E-state index in [9.17, 15) is 9.90 Å². The topological polar surface area (TPSA) is 63.3 Å². The Balaban J connectivity index is 2.70. The van der Waals surface area contributed by atoms with Gasteiger partial charge in [0.05, 0.1) is 17.1 Å². The highest BCUT2D eigenvalue weighted by molar-refractivity contribution is 6.33. The van der Waals surface area contributed by atoms with E-state index in [1.54, 1.807) is 0 Å². The summed E-state index contributed by atoms with van der Waals surface area (Å²) in [6.07, 6.45) is 3.98. The summed E-state index contributed by atoms with van der Waals surface area (Å²) < 4.78 is 0. The first-order valence-corrected chi connectivity index (χ1v) is 6.21. The van der Waals surface area contributed by atoms with Gasteiger partial charge in [-0.2, -0.15) is 0 Å². The lowest BCUT2D eigenvalue weighted by atomic mass is 9.85. The number of halogens is 1. The molecule has 0 heterocycles. The molecule has 3 N–H and O–H groups in total. The fourth-order valence-corrected chi connectivity index (χ4v) is 2.89. The summed E-state index contributed by atoms with van der Waals surface area (Å²) in [4.78, 5) is 11.7. The van der Waals surface area contributed by atoms with Gasteiger partial charge in [0.25, 0.3) is 0 Å². The van der Waals surface area contributed by atoms with Crippen molar-refractivity contribution in [3.8, 4) is 5.75 Å². The van der Waals surface area contributed by atoms with Crippen molar-refractivity contribution in [3.05, 3.63) is 27.3 Å². The monoisotopic (exact) mass is 253 g/mol. The first-order valence-electron chi connectivity index (χ1n) is 5.84. The van der Waals surface area contributed by atoms with Gasteiger partial charge in [-0.05, 0) is 49.3 Å². The molecule has 0 atom stereocenters. The van der Waals surface area contributed by atoms with E-state index in [1.165, 1.54) is 0 Å². The zero-order valence-corrected chi connectivity index (χ0v) is 10.6. The SMILES string of the molecule is Cc1c2c(c(Cl)c(O)c1C(=O)CN)CCCC2. The minimum Gasteiger partial charge on any atom is -0.506 e. The van der Waals surface area contributed by atoms with E-state index in [2.05, 4.69) is 0 Å². The second-order valence-electron chi connectivity index (χ2n) is 4.45. The van der Waals surface area contributed by atoms with Crippen LogP contribution >= 0.6 is 11.6 Å². The summed E-state index contributed by atoms with van der Waals surface area (Å²) in [5.41, 5.74) is 8.64. The smallest absolute Gasteiger partial charge is 0.180 e. The van der Waals surface area contributed by atoms with Crippen molar-refractivity contribution in [2.24, 2.45) is 5.73 Å². The molecule has 0 saturated heterocycles. The number of rotatable bonds is 2. The molecule has 0 unspecified atom stereocenters. The molecule has 0 fully saturated rings. The lowest BCUT2D eigenvalue weighted by molar-refractivity contribution is 0.0998. The van der Waals surface area contributed by atoms with Crippen LogP contribution in [0.1, 0.15) is 39.9 Å². The molecule has 1 aliphatic rings. The minimum absolute atomic E-state index is 0.0970. The maximum atomic E-state index is 11.7. The van der Waals surface area contributed by atoms with Gasteiger partial charge in [-0.25, -0.2) is 0 Å². The van der Waals surface area contributed by atoms with E-state index in [-0.39, 0.29) is 18.1 Å². The number of phenolic OH excluding ortho intramolecular Hbond substituents is 1. The van der Waals surface area contributed by atoms with E-state index in [0.29, 0.717) is 10.6 Å². The number of aromatic hydroxyl groups is 1. The van der Waals surface area contributed by atoms with Crippen LogP contribution < -0.4 is 5.73 Å². The molecule has 2 rings (SSSR count).